The Morgan fingerprint density at radius 2 is 1.94 bits per heavy atom. The molecule has 3 N–H and O–H groups in total. The summed E-state index contributed by atoms with van der Waals surface area (Å²) >= 11 is 0. The number of ether oxygens (including phenoxy) is 2. The van der Waals surface area contributed by atoms with E-state index in [4.69, 9.17) is 9.47 Å². The number of phenolic OH excluding ortho intramolecular Hbond substituents is 1. The Labute approximate surface area is 183 Å². The number of nitrogens with one attached hydrogen (secondary N) is 1. The number of aryl methyl sites for hydroxylation is 1. The molecule has 0 bridgehead atoms. The van der Waals surface area contributed by atoms with Gasteiger partial charge in [0, 0.05) is 23.9 Å². The summed E-state index contributed by atoms with van der Waals surface area (Å²) in [6.07, 6.45) is 6.43. The highest BCUT2D eigenvalue weighted by Crippen LogP contribution is 2.61. The number of hydrogen-bond donors (Lipinski definition) is 3. The molecule has 3 aliphatic carbocycles. The van der Waals surface area contributed by atoms with Gasteiger partial charge in [0.2, 0.25) is 6.79 Å². The average Bonchev–Trinajstić information content (AvgIpc) is 3.36. The highest BCUT2D eigenvalue weighted by molar-refractivity contribution is 5.56. The average molecular weight is 422 g/mol. The zero-order valence-corrected chi connectivity index (χ0v) is 18.1. The summed E-state index contributed by atoms with van der Waals surface area (Å²) in [5.74, 6) is 3.74. The lowest BCUT2D eigenvalue weighted by Gasteiger charge is -2.50. The first-order valence-corrected chi connectivity index (χ1v) is 11.7. The van der Waals surface area contributed by atoms with Gasteiger partial charge in [-0.05, 0) is 97.1 Å². The fourth-order valence-corrected chi connectivity index (χ4v) is 6.97. The Balaban J connectivity index is 1.25. The van der Waals surface area contributed by atoms with Crippen LogP contribution in [0.15, 0.2) is 30.3 Å². The number of aliphatic hydroxyl groups excluding tert-OH is 1. The van der Waals surface area contributed by atoms with Crippen LogP contribution in [0.1, 0.15) is 61.6 Å². The van der Waals surface area contributed by atoms with Crippen LogP contribution in [-0.2, 0) is 13.0 Å². The Hall–Kier alpha value is -2.40. The van der Waals surface area contributed by atoms with Crippen LogP contribution < -0.4 is 14.8 Å². The number of aromatic hydroxyl groups is 1. The normalized spacial score (nSPS) is 32.8. The number of rotatable bonds is 3. The second-order valence-electron chi connectivity index (χ2n) is 10.2. The Morgan fingerprint density at radius 1 is 1.06 bits per heavy atom. The van der Waals surface area contributed by atoms with E-state index in [0.717, 1.165) is 54.9 Å². The van der Waals surface area contributed by atoms with E-state index in [-0.39, 0.29) is 18.3 Å². The molecule has 4 aliphatic rings. The van der Waals surface area contributed by atoms with Crippen LogP contribution in [0, 0.1) is 17.3 Å². The maximum atomic E-state index is 10.7. The molecule has 164 valence electrons. The highest BCUT2D eigenvalue weighted by atomic mass is 16.7. The molecular weight excluding hydrogens is 390 g/mol. The van der Waals surface area contributed by atoms with E-state index in [2.05, 4.69) is 18.3 Å². The lowest BCUT2D eigenvalue weighted by Crippen LogP contribution is -2.43. The molecule has 2 fully saturated rings. The van der Waals surface area contributed by atoms with Crippen molar-refractivity contribution in [1.82, 2.24) is 0 Å². The minimum Gasteiger partial charge on any atom is -0.508 e. The van der Waals surface area contributed by atoms with E-state index >= 15 is 0 Å². The molecule has 0 saturated heterocycles. The molecule has 31 heavy (non-hydrogen) atoms. The molecular formula is C26H31NO4. The molecule has 2 aromatic rings. The van der Waals surface area contributed by atoms with Crippen LogP contribution in [0.5, 0.6) is 17.2 Å². The first-order valence-electron chi connectivity index (χ1n) is 11.7. The van der Waals surface area contributed by atoms with Gasteiger partial charge in [0.05, 0.1) is 6.10 Å². The largest absolute Gasteiger partial charge is 0.508 e. The SMILES string of the molecule is C[C@]12CC[C@@H]3c4cc(CNc5ccc6c(c5)OCO6)c(O)cc4CC[C@H]3[C@@H]1CC[C@@H]2O. The highest BCUT2D eigenvalue weighted by Gasteiger charge is 2.54. The lowest BCUT2D eigenvalue weighted by atomic mass is 9.55. The number of anilines is 1. The van der Waals surface area contributed by atoms with Gasteiger partial charge in [-0.3, -0.25) is 0 Å². The van der Waals surface area contributed by atoms with Gasteiger partial charge in [-0.2, -0.15) is 0 Å². The molecule has 1 aliphatic heterocycles. The molecule has 1 heterocycles. The van der Waals surface area contributed by atoms with Gasteiger partial charge in [-0.15, -0.1) is 0 Å². The number of fused-ring (bicyclic) bond motifs is 6. The summed E-state index contributed by atoms with van der Waals surface area (Å²) in [6.45, 7) is 3.15. The lowest BCUT2D eigenvalue weighted by molar-refractivity contribution is -0.0226. The van der Waals surface area contributed by atoms with Crippen molar-refractivity contribution in [2.24, 2.45) is 17.3 Å². The number of hydrogen-bond acceptors (Lipinski definition) is 5. The van der Waals surface area contributed by atoms with Crippen molar-refractivity contribution >= 4 is 5.69 Å². The first-order chi connectivity index (χ1) is 15.0. The fourth-order valence-electron chi connectivity index (χ4n) is 6.97. The van der Waals surface area contributed by atoms with Gasteiger partial charge in [0.25, 0.3) is 0 Å². The number of aliphatic hydroxyl groups is 1. The van der Waals surface area contributed by atoms with E-state index < -0.39 is 0 Å². The summed E-state index contributed by atoms with van der Waals surface area (Å²) < 4.78 is 10.9. The van der Waals surface area contributed by atoms with E-state index in [0.29, 0.717) is 30.0 Å². The third-order valence-corrected chi connectivity index (χ3v) is 8.73. The Kier molecular flexibility index (Phi) is 4.39. The van der Waals surface area contributed by atoms with Gasteiger partial charge in [0.15, 0.2) is 11.5 Å². The van der Waals surface area contributed by atoms with Crippen molar-refractivity contribution < 1.29 is 19.7 Å². The van der Waals surface area contributed by atoms with Crippen LogP contribution in [0.3, 0.4) is 0 Å². The van der Waals surface area contributed by atoms with Gasteiger partial charge in [-0.25, -0.2) is 0 Å². The molecule has 2 saturated carbocycles. The van der Waals surface area contributed by atoms with Gasteiger partial charge >= 0.3 is 0 Å². The topological polar surface area (TPSA) is 71.0 Å². The Bertz CT molecular complexity index is 1020. The van der Waals surface area contributed by atoms with E-state index in [1.54, 1.807) is 0 Å². The maximum absolute atomic E-state index is 10.7. The molecule has 2 aromatic carbocycles. The fraction of sp³-hybridized carbons (Fsp3) is 0.538. The zero-order chi connectivity index (χ0) is 21.2. The predicted molar refractivity (Wildman–Crippen MR) is 119 cm³/mol. The summed E-state index contributed by atoms with van der Waals surface area (Å²) in [7, 11) is 0. The molecule has 0 aromatic heterocycles. The third kappa shape index (κ3) is 3.00. The second kappa shape index (κ2) is 7.06. The molecule has 0 amide bonds. The number of phenols is 1. The van der Waals surface area contributed by atoms with Crippen LogP contribution in [0.4, 0.5) is 5.69 Å². The maximum Gasteiger partial charge on any atom is 0.231 e. The summed E-state index contributed by atoms with van der Waals surface area (Å²) in [6, 6.07) is 10.1. The second-order valence-corrected chi connectivity index (χ2v) is 10.2. The summed E-state index contributed by atoms with van der Waals surface area (Å²) in [4.78, 5) is 0. The Morgan fingerprint density at radius 3 is 2.84 bits per heavy atom. The zero-order valence-electron chi connectivity index (χ0n) is 18.1. The number of benzene rings is 2. The smallest absolute Gasteiger partial charge is 0.231 e. The van der Waals surface area contributed by atoms with Gasteiger partial charge in [-0.1, -0.05) is 6.92 Å². The van der Waals surface area contributed by atoms with Crippen LogP contribution in [0.25, 0.3) is 0 Å². The summed E-state index contributed by atoms with van der Waals surface area (Å²) in [5.41, 5.74) is 4.73. The van der Waals surface area contributed by atoms with Crippen molar-refractivity contribution in [3.05, 3.63) is 47.0 Å². The van der Waals surface area contributed by atoms with Crippen molar-refractivity contribution in [3.8, 4) is 17.2 Å². The third-order valence-electron chi connectivity index (χ3n) is 8.73. The molecule has 6 rings (SSSR count). The van der Waals surface area contributed by atoms with Crippen molar-refractivity contribution in [2.75, 3.05) is 12.1 Å². The molecule has 0 radical (unpaired) electrons. The minimum atomic E-state index is -0.138. The quantitative estimate of drug-likeness (QED) is 0.654. The van der Waals surface area contributed by atoms with Crippen LogP contribution in [0.2, 0.25) is 0 Å². The van der Waals surface area contributed by atoms with Crippen LogP contribution in [-0.4, -0.2) is 23.1 Å². The minimum absolute atomic E-state index is 0.0966. The first kappa shape index (κ1) is 19.3. The van der Waals surface area contributed by atoms with Crippen molar-refractivity contribution in [3.63, 3.8) is 0 Å². The monoisotopic (exact) mass is 421 g/mol. The molecule has 0 spiro atoms. The van der Waals surface area contributed by atoms with Crippen molar-refractivity contribution in [1.29, 1.82) is 0 Å². The van der Waals surface area contributed by atoms with Gasteiger partial charge in [0.1, 0.15) is 5.75 Å². The van der Waals surface area contributed by atoms with E-state index in [1.807, 2.05) is 24.3 Å². The molecule has 0 unspecified atom stereocenters. The van der Waals surface area contributed by atoms with Crippen LogP contribution >= 0.6 is 0 Å². The summed E-state index contributed by atoms with van der Waals surface area (Å²) in [5, 5.41) is 24.8. The molecule has 5 heteroatoms. The molecule has 5 nitrogen and oxygen atoms in total. The van der Waals surface area contributed by atoms with Crippen molar-refractivity contribution in [2.45, 2.75) is 64.0 Å². The standard InChI is InChI=1S/C26H31NO4/c1-26-9-8-18-19(21(26)5-7-25(26)29)4-2-15-11-22(28)16(10-20(15)18)13-27-17-3-6-23-24(12-17)31-14-30-23/h3,6,10-12,18-19,21,25,27-29H,2,4-5,7-9,13-14H2,1H3/t18-,19+,21-,25-,26-/m0/s1. The van der Waals surface area contributed by atoms with E-state index in [1.165, 1.54) is 17.5 Å². The predicted octanol–water partition coefficient (Wildman–Crippen LogP) is 4.95. The molecule has 5 atom stereocenters. The van der Waals surface area contributed by atoms with Gasteiger partial charge < -0.3 is 25.0 Å². The van der Waals surface area contributed by atoms with E-state index in [9.17, 15) is 10.2 Å².